The van der Waals surface area contributed by atoms with Gasteiger partial charge in [-0.15, -0.1) is 5.10 Å². The van der Waals surface area contributed by atoms with Crippen LogP contribution in [0.2, 0.25) is 0 Å². The summed E-state index contributed by atoms with van der Waals surface area (Å²) >= 11 is 3.37. The topological polar surface area (TPSA) is 70.1 Å². The fourth-order valence-electron chi connectivity index (χ4n) is 2.65. The molecule has 0 radical (unpaired) electrons. The molecule has 3 heterocycles. The Morgan fingerprint density at radius 1 is 1.14 bits per heavy atom. The second-order valence-corrected chi connectivity index (χ2v) is 6.55. The predicted molar refractivity (Wildman–Crippen MR) is 96.8 cm³/mol. The molecule has 0 saturated carbocycles. The molecule has 0 aliphatic carbocycles. The molecule has 4 aromatic rings. The van der Waals surface area contributed by atoms with E-state index in [4.69, 9.17) is 4.74 Å². The van der Waals surface area contributed by atoms with Gasteiger partial charge in [-0.3, -0.25) is 4.40 Å². The van der Waals surface area contributed by atoms with E-state index < -0.39 is 12.0 Å². The van der Waals surface area contributed by atoms with Gasteiger partial charge in [0.1, 0.15) is 16.0 Å². The number of halogens is 4. The molecule has 28 heavy (non-hydrogen) atoms. The maximum absolute atomic E-state index is 13.2. The zero-order valence-electron chi connectivity index (χ0n) is 14.4. The first-order valence-electron chi connectivity index (χ1n) is 8.00. The Balaban J connectivity index is 1.82. The molecule has 11 heteroatoms. The fourth-order valence-corrected chi connectivity index (χ4v) is 3.20. The summed E-state index contributed by atoms with van der Waals surface area (Å²) in [6.45, 7) is 0.0795. The summed E-state index contributed by atoms with van der Waals surface area (Å²) in [5, 5.41) is 3.67. The molecule has 4 rings (SSSR count). The third kappa shape index (κ3) is 3.33. The van der Waals surface area contributed by atoms with Crippen LogP contribution in [0.15, 0.2) is 47.3 Å². The largest absolute Gasteiger partial charge is 0.497 e. The number of hydrogen-bond acceptors (Lipinski definition) is 5. The van der Waals surface area contributed by atoms with Crippen molar-refractivity contribution < 1.29 is 17.9 Å². The summed E-state index contributed by atoms with van der Waals surface area (Å²) in [4.78, 5) is 12.1. The molecule has 0 atom stereocenters. The highest BCUT2D eigenvalue weighted by atomic mass is 79.9. The Bertz CT molecular complexity index is 1140. The van der Waals surface area contributed by atoms with Gasteiger partial charge in [-0.2, -0.15) is 13.2 Å². The molecule has 0 aliphatic heterocycles. The van der Waals surface area contributed by atoms with Crippen LogP contribution >= 0.6 is 15.9 Å². The quantitative estimate of drug-likeness (QED) is 0.470. The van der Waals surface area contributed by atoms with E-state index >= 15 is 0 Å². The Morgan fingerprint density at radius 2 is 1.89 bits per heavy atom. The van der Waals surface area contributed by atoms with E-state index in [-0.39, 0.29) is 18.1 Å². The number of methoxy groups -OCH3 is 1. The van der Waals surface area contributed by atoms with E-state index in [2.05, 4.69) is 36.0 Å². The first-order chi connectivity index (χ1) is 13.4. The summed E-state index contributed by atoms with van der Waals surface area (Å²) in [6.07, 6.45) is -1.44. The minimum atomic E-state index is -4.68. The van der Waals surface area contributed by atoms with Gasteiger partial charge in [0.2, 0.25) is 5.78 Å². The van der Waals surface area contributed by atoms with Crippen LogP contribution in [0, 0.1) is 0 Å². The lowest BCUT2D eigenvalue weighted by Gasteiger charge is -2.06. The van der Waals surface area contributed by atoms with Gasteiger partial charge in [-0.05, 0) is 39.7 Å². The van der Waals surface area contributed by atoms with Gasteiger partial charge < -0.3 is 4.74 Å². The number of fused-ring (bicyclic) bond motifs is 1. The lowest BCUT2D eigenvalue weighted by molar-refractivity contribution is -0.144. The molecule has 0 bridgehead atoms. The molecule has 1 aromatic carbocycles. The molecule has 0 aliphatic rings. The van der Waals surface area contributed by atoms with Crippen molar-refractivity contribution in [3.8, 4) is 17.3 Å². The van der Waals surface area contributed by atoms with Crippen molar-refractivity contribution in [3.63, 3.8) is 0 Å². The van der Waals surface area contributed by atoms with E-state index in [1.54, 1.807) is 47.1 Å². The van der Waals surface area contributed by atoms with Gasteiger partial charge in [-0.25, -0.2) is 19.6 Å². The standard InChI is InChI=1S/C17H12BrF3N6O/c1-28-11-5-3-10(4-6-11)9-27-14(24-15(25-27)17(19,20)21)12-13(18)26-8-2-7-22-16(26)23-12/h2-8H,9H2,1H3. The van der Waals surface area contributed by atoms with E-state index in [1.807, 2.05) is 0 Å². The zero-order chi connectivity index (χ0) is 19.9. The summed E-state index contributed by atoms with van der Waals surface area (Å²) in [5.74, 6) is -0.266. The lowest BCUT2D eigenvalue weighted by Crippen LogP contribution is -2.09. The molecule has 0 unspecified atom stereocenters. The van der Waals surface area contributed by atoms with Crippen LogP contribution in [0.4, 0.5) is 13.2 Å². The molecule has 144 valence electrons. The Morgan fingerprint density at radius 3 is 2.54 bits per heavy atom. The first kappa shape index (κ1) is 18.4. The lowest BCUT2D eigenvalue weighted by atomic mass is 10.2. The van der Waals surface area contributed by atoms with Crippen molar-refractivity contribution in [1.29, 1.82) is 0 Å². The van der Waals surface area contributed by atoms with E-state index in [1.165, 1.54) is 11.8 Å². The van der Waals surface area contributed by atoms with Gasteiger partial charge >= 0.3 is 6.18 Å². The van der Waals surface area contributed by atoms with Gasteiger partial charge in [-0.1, -0.05) is 12.1 Å². The van der Waals surface area contributed by atoms with Crippen molar-refractivity contribution in [2.75, 3.05) is 7.11 Å². The average molecular weight is 453 g/mol. The SMILES string of the molecule is COc1ccc(Cn2nc(C(F)(F)F)nc2-c2nc3ncccn3c2Br)cc1. The van der Waals surface area contributed by atoms with Crippen molar-refractivity contribution in [2.45, 2.75) is 12.7 Å². The first-order valence-corrected chi connectivity index (χ1v) is 8.80. The van der Waals surface area contributed by atoms with E-state index in [0.29, 0.717) is 16.1 Å². The molecule has 0 spiro atoms. The van der Waals surface area contributed by atoms with Gasteiger partial charge in [0.15, 0.2) is 5.82 Å². The molecule has 0 saturated heterocycles. The summed E-state index contributed by atoms with van der Waals surface area (Å²) in [7, 11) is 1.54. The molecule has 0 N–H and O–H groups in total. The van der Waals surface area contributed by atoms with Crippen molar-refractivity contribution >= 4 is 21.7 Å². The number of nitrogens with zero attached hydrogens (tertiary/aromatic N) is 6. The normalized spacial score (nSPS) is 11.9. The maximum atomic E-state index is 13.2. The van der Waals surface area contributed by atoms with Crippen LogP contribution in [0.5, 0.6) is 5.75 Å². The Kier molecular flexibility index (Phi) is 4.53. The van der Waals surface area contributed by atoms with E-state index in [0.717, 1.165) is 5.56 Å². The monoisotopic (exact) mass is 452 g/mol. The van der Waals surface area contributed by atoms with Gasteiger partial charge in [0.25, 0.3) is 5.82 Å². The number of benzene rings is 1. The van der Waals surface area contributed by atoms with Gasteiger partial charge in [0.05, 0.1) is 13.7 Å². The number of imidazole rings is 1. The third-order valence-electron chi connectivity index (χ3n) is 3.97. The Hall–Kier alpha value is -2.95. The average Bonchev–Trinajstić information content (AvgIpc) is 3.24. The Labute approximate surface area is 165 Å². The molecular formula is C17H12BrF3N6O. The van der Waals surface area contributed by atoms with Crippen molar-refractivity contribution in [3.05, 3.63) is 58.7 Å². The molecule has 7 nitrogen and oxygen atoms in total. The van der Waals surface area contributed by atoms with Crippen LogP contribution < -0.4 is 4.74 Å². The zero-order valence-corrected chi connectivity index (χ0v) is 15.9. The third-order valence-corrected chi connectivity index (χ3v) is 4.73. The van der Waals surface area contributed by atoms with Crippen molar-refractivity contribution in [1.82, 2.24) is 29.1 Å². The number of rotatable bonds is 4. The highest BCUT2D eigenvalue weighted by molar-refractivity contribution is 9.10. The number of ether oxygens (including phenoxy) is 1. The van der Waals surface area contributed by atoms with Crippen LogP contribution in [0.1, 0.15) is 11.4 Å². The minimum absolute atomic E-state index is 0.0134. The minimum Gasteiger partial charge on any atom is -0.497 e. The van der Waals surface area contributed by atoms with Crippen LogP contribution in [0.3, 0.4) is 0 Å². The highest BCUT2D eigenvalue weighted by Crippen LogP contribution is 2.32. The van der Waals surface area contributed by atoms with E-state index in [9.17, 15) is 13.2 Å². The predicted octanol–water partition coefficient (Wildman–Crippen LogP) is 3.83. The second kappa shape index (κ2) is 6.89. The number of aromatic nitrogens is 6. The number of alkyl halides is 3. The molecule has 3 aromatic heterocycles. The fraction of sp³-hybridized carbons (Fsp3) is 0.176. The summed E-state index contributed by atoms with van der Waals surface area (Å²) in [5.41, 5.74) is 0.953. The molecular weight excluding hydrogens is 441 g/mol. The smallest absolute Gasteiger partial charge is 0.453 e. The second-order valence-electron chi connectivity index (χ2n) is 5.80. The molecule has 0 amide bonds. The van der Waals surface area contributed by atoms with Crippen LogP contribution in [-0.2, 0) is 12.7 Å². The van der Waals surface area contributed by atoms with Crippen LogP contribution in [-0.4, -0.2) is 36.2 Å². The highest BCUT2D eigenvalue weighted by Gasteiger charge is 2.38. The van der Waals surface area contributed by atoms with Gasteiger partial charge in [0, 0.05) is 12.4 Å². The molecule has 0 fully saturated rings. The summed E-state index contributed by atoms with van der Waals surface area (Å²) < 4.78 is 48.0. The maximum Gasteiger partial charge on any atom is 0.453 e. The summed E-state index contributed by atoms with van der Waals surface area (Å²) in [6, 6.07) is 8.63. The van der Waals surface area contributed by atoms with Crippen molar-refractivity contribution in [2.24, 2.45) is 0 Å². The van der Waals surface area contributed by atoms with Crippen LogP contribution in [0.25, 0.3) is 17.3 Å². The number of hydrogen-bond donors (Lipinski definition) is 0.